The molecule has 0 saturated carbocycles. The van der Waals surface area contributed by atoms with Gasteiger partial charge in [-0.1, -0.05) is 0 Å². The van der Waals surface area contributed by atoms with E-state index in [0.29, 0.717) is 15.7 Å². The molecule has 0 bridgehead atoms. The number of H-pyrrole nitrogens is 1. The molecule has 0 aliphatic carbocycles. The molecule has 1 amide bonds. The average Bonchev–Trinajstić information content (AvgIpc) is 3.04. The minimum atomic E-state index is -4.19. The summed E-state index contributed by atoms with van der Waals surface area (Å²) in [4.78, 5) is 11.2. The van der Waals surface area contributed by atoms with Crippen molar-refractivity contribution in [3.63, 3.8) is 0 Å². The van der Waals surface area contributed by atoms with Gasteiger partial charge in [-0.15, -0.1) is 0 Å². The highest BCUT2D eigenvalue weighted by Gasteiger charge is 2.37. The molecular formula is C12H12FN5O4S. The number of hydrogen-bond donors (Lipinski definition) is 4. The number of halogens is 1. The van der Waals surface area contributed by atoms with Crippen LogP contribution in [-0.4, -0.2) is 36.2 Å². The van der Waals surface area contributed by atoms with E-state index in [4.69, 9.17) is 0 Å². The molecule has 11 heteroatoms. The van der Waals surface area contributed by atoms with Crippen LogP contribution in [0.15, 0.2) is 24.4 Å². The number of nitrogens with zero attached hydrogens (tertiary/aromatic N) is 2. The SMILES string of the molecule is O=C1CN(c2c(O)cc(CNc3cc[nH]n3)cc2F)S(=O)(=O)N1. The van der Waals surface area contributed by atoms with Crippen LogP contribution < -0.4 is 14.3 Å². The Hall–Kier alpha value is -2.82. The molecule has 1 aliphatic heterocycles. The fourth-order valence-corrected chi connectivity index (χ4v) is 3.36. The highest BCUT2D eigenvalue weighted by atomic mass is 32.2. The van der Waals surface area contributed by atoms with Gasteiger partial charge in [0.1, 0.15) is 23.8 Å². The third kappa shape index (κ3) is 2.90. The highest BCUT2D eigenvalue weighted by Crippen LogP contribution is 2.34. The molecule has 0 unspecified atom stereocenters. The summed E-state index contributed by atoms with van der Waals surface area (Å²) >= 11 is 0. The molecule has 0 atom stereocenters. The average molecular weight is 341 g/mol. The van der Waals surface area contributed by atoms with E-state index >= 15 is 0 Å². The van der Waals surface area contributed by atoms with Crippen LogP contribution in [0.2, 0.25) is 0 Å². The maximum absolute atomic E-state index is 14.2. The molecule has 122 valence electrons. The number of hydrogen-bond acceptors (Lipinski definition) is 6. The van der Waals surface area contributed by atoms with E-state index in [9.17, 15) is 22.7 Å². The monoisotopic (exact) mass is 341 g/mol. The predicted molar refractivity (Wildman–Crippen MR) is 78.4 cm³/mol. The van der Waals surface area contributed by atoms with E-state index in [1.807, 2.05) is 0 Å². The van der Waals surface area contributed by atoms with Crippen molar-refractivity contribution >= 4 is 27.6 Å². The predicted octanol–water partition coefficient (Wildman–Crippen LogP) is 0.0475. The van der Waals surface area contributed by atoms with Crippen molar-refractivity contribution in [2.75, 3.05) is 16.2 Å². The van der Waals surface area contributed by atoms with E-state index in [1.165, 1.54) is 6.07 Å². The quantitative estimate of drug-likeness (QED) is 0.622. The van der Waals surface area contributed by atoms with Crippen LogP contribution in [0.5, 0.6) is 5.75 Å². The molecule has 3 rings (SSSR count). The lowest BCUT2D eigenvalue weighted by Crippen LogP contribution is -2.30. The van der Waals surface area contributed by atoms with Crippen LogP contribution in [0.3, 0.4) is 0 Å². The third-order valence-corrected chi connectivity index (χ3v) is 4.52. The zero-order chi connectivity index (χ0) is 16.6. The second-order valence-corrected chi connectivity index (χ2v) is 6.39. The van der Waals surface area contributed by atoms with Gasteiger partial charge >= 0.3 is 10.2 Å². The standard InChI is InChI=1S/C12H12FN5O4S/c13-8-3-7(5-14-10-1-2-15-16-10)4-9(19)12(8)18-6-11(20)17-23(18,21)22/h1-4,19H,5-6H2,(H,17,20)(H2,14,15,16). The summed E-state index contributed by atoms with van der Waals surface area (Å²) in [5, 5.41) is 19.3. The summed E-state index contributed by atoms with van der Waals surface area (Å²) in [6.45, 7) is -0.419. The van der Waals surface area contributed by atoms with Gasteiger partial charge in [-0.05, 0) is 23.8 Å². The van der Waals surface area contributed by atoms with Gasteiger partial charge in [0.25, 0.3) is 5.91 Å². The van der Waals surface area contributed by atoms with E-state index in [0.717, 1.165) is 6.07 Å². The van der Waals surface area contributed by atoms with Crippen molar-refractivity contribution in [3.8, 4) is 5.75 Å². The molecule has 1 fully saturated rings. The maximum atomic E-state index is 14.2. The first-order valence-electron chi connectivity index (χ1n) is 6.45. The van der Waals surface area contributed by atoms with Crippen molar-refractivity contribution in [2.24, 2.45) is 0 Å². The zero-order valence-electron chi connectivity index (χ0n) is 11.6. The molecule has 2 aromatic rings. The summed E-state index contributed by atoms with van der Waals surface area (Å²) in [5.41, 5.74) is -0.186. The Morgan fingerprint density at radius 1 is 1.43 bits per heavy atom. The molecule has 1 saturated heterocycles. The number of amides is 1. The molecule has 9 nitrogen and oxygen atoms in total. The van der Waals surface area contributed by atoms with Gasteiger partial charge in [0.15, 0.2) is 5.82 Å². The zero-order valence-corrected chi connectivity index (χ0v) is 12.4. The Balaban J connectivity index is 1.87. The molecule has 4 N–H and O–H groups in total. The summed E-state index contributed by atoms with van der Waals surface area (Å²) in [7, 11) is -4.19. The molecule has 0 spiro atoms. The minimum absolute atomic E-state index is 0.166. The van der Waals surface area contributed by atoms with E-state index in [1.54, 1.807) is 17.0 Å². The largest absolute Gasteiger partial charge is 0.506 e. The Morgan fingerprint density at radius 3 is 2.78 bits per heavy atom. The Labute approximate surface area is 130 Å². The van der Waals surface area contributed by atoms with Crippen LogP contribution >= 0.6 is 0 Å². The van der Waals surface area contributed by atoms with E-state index in [-0.39, 0.29) is 6.54 Å². The number of nitrogens with one attached hydrogen (secondary N) is 3. The van der Waals surface area contributed by atoms with E-state index in [2.05, 4.69) is 15.5 Å². The number of carbonyl (C=O) groups excluding carboxylic acids is 1. The summed E-state index contributed by atoms with van der Waals surface area (Å²) in [6, 6.07) is 3.96. The number of aromatic hydroxyl groups is 1. The molecule has 1 aliphatic rings. The topological polar surface area (TPSA) is 127 Å². The van der Waals surface area contributed by atoms with Gasteiger partial charge in [0.2, 0.25) is 0 Å². The Morgan fingerprint density at radius 2 is 2.22 bits per heavy atom. The highest BCUT2D eigenvalue weighted by molar-refractivity contribution is 7.92. The van der Waals surface area contributed by atoms with Gasteiger partial charge in [-0.2, -0.15) is 13.5 Å². The third-order valence-electron chi connectivity index (χ3n) is 3.15. The first kappa shape index (κ1) is 15.1. The van der Waals surface area contributed by atoms with Crippen LogP contribution in [0.1, 0.15) is 5.56 Å². The number of anilines is 2. The Kier molecular flexibility index (Phi) is 3.56. The molecular weight excluding hydrogens is 329 g/mol. The second-order valence-electron chi connectivity index (χ2n) is 4.80. The number of aromatic nitrogens is 2. The van der Waals surface area contributed by atoms with Crippen molar-refractivity contribution in [1.29, 1.82) is 0 Å². The normalized spacial score (nSPS) is 16.4. The fraction of sp³-hybridized carbons (Fsp3) is 0.167. The number of carbonyl (C=O) groups is 1. The lowest BCUT2D eigenvalue weighted by atomic mass is 10.1. The number of rotatable bonds is 4. The van der Waals surface area contributed by atoms with Gasteiger partial charge in [0, 0.05) is 12.7 Å². The summed E-state index contributed by atoms with van der Waals surface area (Å²) in [5.74, 6) is -1.80. The molecule has 1 aromatic heterocycles. The number of phenolic OH excluding ortho intramolecular Hbond substituents is 1. The summed E-state index contributed by atoms with van der Waals surface area (Å²) in [6.07, 6.45) is 1.60. The second kappa shape index (κ2) is 5.43. The van der Waals surface area contributed by atoms with Gasteiger partial charge in [0.05, 0.1) is 0 Å². The smallest absolute Gasteiger partial charge is 0.326 e. The lowest BCUT2D eigenvalue weighted by Gasteiger charge is -2.17. The first-order valence-corrected chi connectivity index (χ1v) is 7.89. The van der Waals surface area contributed by atoms with Gasteiger partial charge < -0.3 is 10.4 Å². The van der Waals surface area contributed by atoms with Crippen molar-refractivity contribution in [2.45, 2.75) is 6.54 Å². The van der Waals surface area contributed by atoms with Gasteiger partial charge in [-0.3, -0.25) is 9.89 Å². The minimum Gasteiger partial charge on any atom is -0.506 e. The van der Waals surface area contributed by atoms with Crippen molar-refractivity contribution in [3.05, 3.63) is 35.8 Å². The number of aromatic amines is 1. The molecule has 0 radical (unpaired) electrons. The first-order chi connectivity index (χ1) is 10.9. The molecule has 23 heavy (non-hydrogen) atoms. The summed E-state index contributed by atoms with van der Waals surface area (Å²) < 4.78 is 39.9. The molecule has 1 aromatic carbocycles. The maximum Gasteiger partial charge on any atom is 0.326 e. The van der Waals surface area contributed by atoms with Crippen LogP contribution in [0.4, 0.5) is 15.9 Å². The van der Waals surface area contributed by atoms with Crippen LogP contribution in [0, 0.1) is 5.82 Å². The number of phenols is 1. The Bertz CT molecular complexity index is 829. The van der Waals surface area contributed by atoms with Crippen molar-refractivity contribution < 1.29 is 22.7 Å². The van der Waals surface area contributed by atoms with Crippen molar-refractivity contribution in [1.82, 2.24) is 14.9 Å². The molecule has 2 heterocycles. The van der Waals surface area contributed by atoms with Gasteiger partial charge in [-0.25, -0.2) is 13.4 Å². The van der Waals surface area contributed by atoms with Crippen LogP contribution in [0.25, 0.3) is 0 Å². The van der Waals surface area contributed by atoms with Crippen LogP contribution in [-0.2, 0) is 21.5 Å². The lowest BCUT2D eigenvalue weighted by molar-refractivity contribution is -0.117. The number of benzene rings is 1. The fourth-order valence-electron chi connectivity index (χ4n) is 2.19. The van der Waals surface area contributed by atoms with E-state index < -0.39 is 39.9 Å².